The Balaban J connectivity index is 2.10. The molecule has 0 fully saturated rings. The smallest absolute Gasteiger partial charge is 0.417 e. The van der Waals surface area contributed by atoms with E-state index in [0.29, 0.717) is 0 Å². The molecule has 0 atom stereocenters. The van der Waals surface area contributed by atoms with Crippen LogP contribution in [0, 0.1) is 5.82 Å². The van der Waals surface area contributed by atoms with Gasteiger partial charge in [0.25, 0.3) is 0 Å². The molecule has 0 aliphatic carbocycles. The van der Waals surface area contributed by atoms with Crippen molar-refractivity contribution in [2.75, 3.05) is 11.1 Å². The first-order valence-corrected chi connectivity index (χ1v) is 6.89. The highest BCUT2D eigenvalue weighted by Crippen LogP contribution is 2.41. The Morgan fingerprint density at radius 3 is 2.36 bits per heavy atom. The summed E-state index contributed by atoms with van der Waals surface area (Å²) in [5, 5.41) is 17.6. The van der Waals surface area contributed by atoms with Crippen LogP contribution in [0.25, 0.3) is 11.1 Å². The molecule has 10 heteroatoms. The minimum atomic E-state index is -4.80. The number of alkyl halides is 3. The number of benzene rings is 2. The second kappa shape index (κ2) is 5.96. The van der Waals surface area contributed by atoms with Gasteiger partial charge in [-0.1, -0.05) is 12.1 Å². The van der Waals surface area contributed by atoms with Crippen LogP contribution < -0.4 is 11.1 Å². The number of aromatic hydroxyl groups is 1. The molecule has 0 radical (unpaired) electrons. The van der Waals surface area contributed by atoms with Gasteiger partial charge in [0.2, 0.25) is 11.9 Å². The fraction of sp³-hybridized carbons (Fsp3) is 0.0667. The second-order valence-corrected chi connectivity index (χ2v) is 5.09. The molecule has 3 rings (SSSR count). The maximum absolute atomic E-state index is 14.5. The summed E-state index contributed by atoms with van der Waals surface area (Å²) in [6, 6.07) is 6.40. The number of phenols is 1. The van der Waals surface area contributed by atoms with Crippen LogP contribution in [0.4, 0.5) is 35.1 Å². The predicted octanol–water partition coefficient (Wildman–Crippen LogP) is 3.66. The minimum Gasteiger partial charge on any atom is -0.508 e. The minimum absolute atomic E-state index is 0.0173. The molecule has 1 aromatic heterocycles. The van der Waals surface area contributed by atoms with Gasteiger partial charge in [-0.2, -0.15) is 18.2 Å². The predicted molar refractivity (Wildman–Crippen MR) is 82.6 cm³/mol. The maximum Gasteiger partial charge on any atom is 0.417 e. The van der Waals surface area contributed by atoms with E-state index in [-0.39, 0.29) is 28.9 Å². The molecule has 1 heterocycles. The van der Waals surface area contributed by atoms with E-state index in [0.717, 1.165) is 12.1 Å². The van der Waals surface area contributed by atoms with E-state index in [4.69, 9.17) is 5.73 Å². The number of phenolic OH excluding ortho intramolecular Hbond substituents is 1. The summed E-state index contributed by atoms with van der Waals surface area (Å²) in [6.07, 6.45) is -4.80. The standard InChI is InChI=1S/C15H11F4N5O/c16-11-6-8(21-14-22-13(20)23-24-14)5-10(15(17,18)19)12(11)7-1-3-9(25)4-2-7/h1-6,25H,(H4,20,21,22,23,24). The van der Waals surface area contributed by atoms with Gasteiger partial charge in [-0.25, -0.2) is 9.49 Å². The molecule has 25 heavy (non-hydrogen) atoms. The van der Waals surface area contributed by atoms with Crippen LogP contribution in [0.2, 0.25) is 0 Å². The number of hydrogen-bond acceptors (Lipinski definition) is 5. The number of hydrogen-bond donors (Lipinski definition) is 4. The summed E-state index contributed by atoms with van der Waals surface area (Å²) in [6.45, 7) is 0. The van der Waals surface area contributed by atoms with Gasteiger partial charge in [0.05, 0.1) is 5.56 Å². The van der Waals surface area contributed by atoms with Crippen LogP contribution in [0.15, 0.2) is 36.4 Å². The maximum atomic E-state index is 14.5. The van der Waals surface area contributed by atoms with Crippen LogP contribution in [0.1, 0.15) is 5.56 Å². The summed E-state index contributed by atoms with van der Waals surface area (Å²) >= 11 is 0. The average Bonchev–Trinajstić information content (AvgIpc) is 2.92. The van der Waals surface area contributed by atoms with E-state index in [2.05, 4.69) is 20.5 Å². The average molecular weight is 353 g/mol. The third-order valence-electron chi connectivity index (χ3n) is 3.31. The normalized spacial score (nSPS) is 11.5. The van der Waals surface area contributed by atoms with Gasteiger partial charge in [-0.3, -0.25) is 0 Å². The van der Waals surface area contributed by atoms with Gasteiger partial charge in [0, 0.05) is 11.3 Å². The van der Waals surface area contributed by atoms with Crippen molar-refractivity contribution >= 4 is 17.6 Å². The first-order chi connectivity index (χ1) is 11.7. The number of halogens is 4. The number of H-pyrrole nitrogens is 1. The van der Waals surface area contributed by atoms with Crippen molar-refractivity contribution in [2.24, 2.45) is 0 Å². The van der Waals surface area contributed by atoms with Crippen LogP contribution in [-0.4, -0.2) is 20.3 Å². The number of nitrogen functional groups attached to an aromatic ring is 1. The van der Waals surface area contributed by atoms with Crippen LogP contribution in [0.3, 0.4) is 0 Å². The molecule has 0 aliphatic heterocycles. The second-order valence-electron chi connectivity index (χ2n) is 5.09. The first kappa shape index (κ1) is 16.6. The van der Waals surface area contributed by atoms with E-state index in [1.165, 1.54) is 24.3 Å². The zero-order valence-corrected chi connectivity index (χ0v) is 12.4. The largest absolute Gasteiger partial charge is 0.508 e. The molecule has 2 aromatic carbocycles. The fourth-order valence-corrected chi connectivity index (χ4v) is 2.28. The molecule has 0 aliphatic rings. The molecule has 0 spiro atoms. The van der Waals surface area contributed by atoms with Crippen LogP contribution >= 0.6 is 0 Å². The fourth-order valence-electron chi connectivity index (χ4n) is 2.28. The SMILES string of the molecule is Nc1nc(Nc2cc(F)c(-c3ccc(O)cc3)c(C(F)(F)F)c2)n[nH]1. The van der Waals surface area contributed by atoms with Crippen molar-refractivity contribution in [3.05, 3.63) is 47.8 Å². The molecule has 0 saturated heterocycles. The number of nitrogens with two attached hydrogens (primary N) is 1. The van der Waals surface area contributed by atoms with Crippen LogP contribution in [0.5, 0.6) is 5.75 Å². The number of nitrogens with zero attached hydrogens (tertiary/aromatic N) is 2. The highest BCUT2D eigenvalue weighted by molar-refractivity contribution is 5.73. The quantitative estimate of drug-likeness (QED) is 0.539. The summed E-state index contributed by atoms with van der Waals surface area (Å²) < 4.78 is 54.7. The molecule has 0 amide bonds. The van der Waals surface area contributed by atoms with Crippen molar-refractivity contribution in [2.45, 2.75) is 6.18 Å². The monoisotopic (exact) mass is 353 g/mol. The Labute approximate surface area is 138 Å². The Morgan fingerprint density at radius 1 is 1.12 bits per heavy atom. The highest BCUT2D eigenvalue weighted by atomic mass is 19.4. The molecular weight excluding hydrogens is 342 g/mol. The molecule has 3 aromatic rings. The van der Waals surface area contributed by atoms with Gasteiger partial charge in [0.15, 0.2) is 0 Å². The van der Waals surface area contributed by atoms with Crippen LogP contribution in [-0.2, 0) is 6.18 Å². The topological polar surface area (TPSA) is 99.8 Å². The van der Waals surface area contributed by atoms with Crippen molar-refractivity contribution in [3.63, 3.8) is 0 Å². The van der Waals surface area contributed by atoms with E-state index in [9.17, 15) is 22.7 Å². The highest BCUT2D eigenvalue weighted by Gasteiger charge is 2.36. The molecule has 0 bridgehead atoms. The lowest BCUT2D eigenvalue weighted by molar-refractivity contribution is -0.137. The molecule has 0 unspecified atom stereocenters. The zero-order valence-electron chi connectivity index (χ0n) is 12.4. The lowest BCUT2D eigenvalue weighted by atomic mass is 9.97. The van der Waals surface area contributed by atoms with E-state index in [1.54, 1.807) is 0 Å². The van der Waals surface area contributed by atoms with Gasteiger partial charge in [-0.15, -0.1) is 5.10 Å². The molecular formula is C15H11F4N5O. The van der Waals surface area contributed by atoms with E-state index in [1.807, 2.05) is 0 Å². The third kappa shape index (κ3) is 3.47. The van der Waals surface area contributed by atoms with Gasteiger partial charge >= 0.3 is 6.18 Å². The lowest BCUT2D eigenvalue weighted by Gasteiger charge is -2.16. The molecule has 0 saturated carbocycles. The number of aromatic amines is 1. The van der Waals surface area contributed by atoms with E-state index >= 15 is 0 Å². The third-order valence-corrected chi connectivity index (χ3v) is 3.31. The van der Waals surface area contributed by atoms with Gasteiger partial charge in [0.1, 0.15) is 11.6 Å². The molecule has 6 nitrogen and oxygen atoms in total. The van der Waals surface area contributed by atoms with Crippen molar-refractivity contribution in [1.29, 1.82) is 0 Å². The van der Waals surface area contributed by atoms with Crippen molar-refractivity contribution in [1.82, 2.24) is 15.2 Å². The molecule has 5 N–H and O–H groups in total. The summed E-state index contributed by atoms with van der Waals surface area (Å²) in [5.41, 5.74) is 3.33. The number of anilines is 3. The van der Waals surface area contributed by atoms with E-state index < -0.39 is 23.1 Å². The summed E-state index contributed by atoms with van der Waals surface area (Å²) in [4.78, 5) is 3.69. The zero-order chi connectivity index (χ0) is 18.2. The first-order valence-electron chi connectivity index (χ1n) is 6.89. The van der Waals surface area contributed by atoms with Gasteiger partial charge < -0.3 is 16.2 Å². The molecule has 130 valence electrons. The Kier molecular flexibility index (Phi) is 3.95. The Bertz CT molecular complexity index is 905. The van der Waals surface area contributed by atoms with Gasteiger partial charge in [-0.05, 0) is 29.8 Å². The summed E-state index contributed by atoms with van der Waals surface area (Å²) in [7, 11) is 0. The number of aromatic nitrogens is 3. The number of rotatable bonds is 3. The van der Waals surface area contributed by atoms with Crippen molar-refractivity contribution in [3.8, 4) is 16.9 Å². The van der Waals surface area contributed by atoms with Crippen molar-refractivity contribution < 1.29 is 22.7 Å². The summed E-state index contributed by atoms with van der Waals surface area (Å²) in [5.74, 6) is -1.37. The Morgan fingerprint density at radius 2 is 1.80 bits per heavy atom. The lowest BCUT2D eigenvalue weighted by Crippen LogP contribution is -2.10. The number of nitrogens with one attached hydrogen (secondary N) is 2. The Hall–Kier alpha value is -3.30.